The lowest BCUT2D eigenvalue weighted by Gasteiger charge is -2.09. The van der Waals surface area contributed by atoms with Gasteiger partial charge in [-0.3, -0.25) is 18.9 Å². The molecule has 3 aromatic carbocycles. The van der Waals surface area contributed by atoms with E-state index in [2.05, 4.69) is 16.9 Å². The van der Waals surface area contributed by atoms with Crippen molar-refractivity contribution in [3.63, 3.8) is 0 Å². The van der Waals surface area contributed by atoms with Gasteiger partial charge in [-0.25, -0.2) is 9.18 Å². The van der Waals surface area contributed by atoms with E-state index in [0.29, 0.717) is 39.4 Å². The van der Waals surface area contributed by atoms with Crippen molar-refractivity contribution in [1.82, 2.24) is 14.1 Å². The molecular weight excluding hydrogens is 459 g/mol. The van der Waals surface area contributed by atoms with E-state index >= 15 is 0 Å². The van der Waals surface area contributed by atoms with Gasteiger partial charge in [0.25, 0.3) is 0 Å². The number of anilines is 1. The molecule has 2 aromatic heterocycles. The third kappa shape index (κ3) is 4.16. The fourth-order valence-corrected chi connectivity index (χ4v) is 3.95. The fraction of sp³-hybridized carbons (Fsp3) is 0.0357. The number of pyridine rings is 1. The summed E-state index contributed by atoms with van der Waals surface area (Å²) in [7, 11) is 0. The van der Waals surface area contributed by atoms with Crippen molar-refractivity contribution in [1.29, 1.82) is 0 Å². The van der Waals surface area contributed by atoms with Crippen LogP contribution in [0.15, 0.2) is 103 Å². The van der Waals surface area contributed by atoms with Crippen LogP contribution < -0.4 is 15.7 Å². The van der Waals surface area contributed by atoms with Crippen LogP contribution in [-0.2, 0) is 4.79 Å². The third-order valence-electron chi connectivity index (χ3n) is 5.68. The van der Waals surface area contributed by atoms with Crippen LogP contribution in [0.5, 0.6) is 11.5 Å². The number of aromatic nitrogens is 3. The van der Waals surface area contributed by atoms with Crippen molar-refractivity contribution in [2.45, 2.75) is 6.92 Å². The van der Waals surface area contributed by atoms with E-state index in [0.717, 1.165) is 0 Å². The first-order chi connectivity index (χ1) is 17.5. The molecule has 0 radical (unpaired) electrons. The summed E-state index contributed by atoms with van der Waals surface area (Å²) in [5.41, 5.74) is 3.11. The number of benzene rings is 3. The molecule has 0 atom stereocenters. The number of carbonyl (C=O) groups is 1. The molecule has 0 aliphatic heterocycles. The van der Waals surface area contributed by atoms with E-state index in [4.69, 9.17) is 4.74 Å². The van der Waals surface area contributed by atoms with Gasteiger partial charge in [0.1, 0.15) is 5.75 Å². The molecule has 2 heterocycles. The van der Waals surface area contributed by atoms with Crippen molar-refractivity contribution < 1.29 is 13.9 Å². The minimum atomic E-state index is -0.418. The highest BCUT2D eigenvalue weighted by molar-refractivity contribution is 5.99. The van der Waals surface area contributed by atoms with E-state index < -0.39 is 5.82 Å². The summed E-state index contributed by atoms with van der Waals surface area (Å²) in [6.45, 7) is 5.13. The number of hydrogen-bond donors (Lipinski definition) is 1. The molecular formula is C28H21FN4O3. The van der Waals surface area contributed by atoms with Crippen LogP contribution in [0.2, 0.25) is 0 Å². The summed E-state index contributed by atoms with van der Waals surface area (Å²) in [4.78, 5) is 29.6. The van der Waals surface area contributed by atoms with Gasteiger partial charge < -0.3 is 10.1 Å². The highest BCUT2D eigenvalue weighted by atomic mass is 19.1. The van der Waals surface area contributed by atoms with Gasteiger partial charge >= 0.3 is 5.69 Å². The Morgan fingerprint density at radius 1 is 1.00 bits per heavy atom. The van der Waals surface area contributed by atoms with Crippen molar-refractivity contribution in [3.05, 3.63) is 120 Å². The molecule has 0 spiro atoms. The van der Waals surface area contributed by atoms with Crippen molar-refractivity contribution in [2.75, 3.05) is 5.32 Å². The maximum absolute atomic E-state index is 14.3. The third-order valence-corrected chi connectivity index (χ3v) is 5.68. The minimum absolute atomic E-state index is 0.129. The second-order valence-electron chi connectivity index (χ2n) is 8.04. The van der Waals surface area contributed by atoms with Crippen molar-refractivity contribution >= 4 is 22.6 Å². The summed E-state index contributed by atoms with van der Waals surface area (Å²) in [5.74, 6) is -0.203. The average molecular weight is 480 g/mol. The standard InChI is InChI=1S/C28H21FN4O3/c1-3-26(34)31-19-7-5-8-21(16-19)33-23-14-15-30-17-24(23)32(28(33)35)20-10-12-22(13-11-20)36-25-9-4-6-18(2)27(25)29/h3-17H,1H2,2H3,(H,31,34). The Morgan fingerprint density at radius 3 is 2.53 bits per heavy atom. The molecule has 0 saturated heterocycles. The topological polar surface area (TPSA) is 78.2 Å². The van der Waals surface area contributed by atoms with Crippen LogP contribution in [0.3, 0.4) is 0 Å². The molecule has 8 heteroatoms. The lowest BCUT2D eigenvalue weighted by molar-refractivity contribution is -0.111. The van der Waals surface area contributed by atoms with Gasteiger partial charge in [0.15, 0.2) is 11.6 Å². The van der Waals surface area contributed by atoms with E-state index in [9.17, 15) is 14.0 Å². The highest BCUT2D eigenvalue weighted by Gasteiger charge is 2.17. The number of amides is 1. The first-order valence-electron chi connectivity index (χ1n) is 11.1. The van der Waals surface area contributed by atoms with Gasteiger partial charge in [-0.05, 0) is 73.2 Å². The summed E-state index contributed by atoms with van der Waals surface area (Å²) < 4.78 is 23.1. The zero-order chi connectivity index (χ0) is 25.2. The molecule has 5 aromatic rings. The normalized spacial score (nSPS) is 10.8. The average Bonchev–Trinajstić information content (AvgIpc) is 3.19. The highest BCUT2D eigenvalue weighted by Crippen LogP contribution is 2.28. The lowest BCUT2D eigenvalue weighted by atomic mass is 10.2. The Bertz CT molecular complexity index is 1670. The number of halogens is 1. The zero-order valence-electron chi connectivity index (χ0n) is 19.3. The first-order valence-corrected chi connectivity index (χ1v) is 11.1. The van der Waals surface area contributed by atoms with E-state index in [1.165, 1.54) is 10.6 Å². The van der Waals surface area contributed by atoms with E-state index in [1.54, 1.807) is 96.7 Å². The molecule has 5 rings (SSSR count). The summed E-state index contributed by atoms with van der Waals surface area (Å²) in [6.07, 6.45) is 4.40. The largest absolute Gasteiger partial charge is 0.454 e. The molecule has 0 aliphatic carbocycles. The fourth-order valence-electron chi connectivity index (χ4n) is 3.95. The lowest BCUT2D eigenvalue weighted by Crippen LogP contribution is -2.22. The van der Waals surface area contributed by atoms with Crippen LogP contribution in [-0.4, -0.2) is 20.0 Å². The minimum Gasteiger partial charge on any atom is -0.454 e. The van der Waals surface area contributed by atoms with Gasteiger partial charge in [0.2, 0.25) is 5.91 Å². The van der Waals surface area contributed by atoms with Crippen LogP contribution in [0.25, 0.3) is 22.4 Å². The monoisotopic (exact) mass is 480 g/mol. The number of aryl methyl sites for hydroxylation is 1. The maximum Gasteiger partial charge on any atom is 0.338 e. The van der Waals surface area contributed by atoms with Gasteiger partial charge in [0, 0.05) is 11.9 Å². The van der Waals surface area contributed by atoms with Crippen LogP contribution in [0.4, 0.5) is 10.1 Å². The number of nitrogens with zero attached hydrogens (tertiary/aromatic N) is 3. The number of hydrogen-bond acceptors (Lipinski definition) is 4. The van der Waals surface area contributed by atoms with Crippen LogP contribution >= 0.6 is 0 Å². The predicted molar refractivity (Wildman–Crippen MR) is 137 cm³/mol. The Balaban J connectivity index is 1.56. The summed E-state index contributed by atoms with van der Waals surface area (Å²) in [5, 5.41) is 2.71. The van der Waals surface area contributed by atoms with Crippen LogP contribution in [0, 0.1) is 12.7 Å². The van der Waals surface area contributed by atoms with Gasteiger partial charge in [0.05, 0.1) is 28.6 Å². The number of ether oxygens (including phenoxy) is 1. The second kappa shape index (κ2) is 9.34. The quantitative estimate of drug-likeness (QED) is 0.324. The Hall–Kier alpha value is -4.98. The van der Waals surface area contributed by atoms with Gasteiger partial charge in [-0.2, -0.15) is 0 Å². The second-order valence-corrected chi connectivity index (χ2v) is 8.04. The smallest absolute Gasteiger partial charge is 0.338 e. The molecule has 1 amide bonds. The zero-order valence-corrected chi connectivity index (χ0v) is 19.3. The van der Waals surface area contributed by atoms with Gasteiger partial charge in [-0.15, -0.1) is 0 Å². The molecule has 0 unspecified atom stereocenters. The number of rotatable bonds is 6. The maximum atomic E-state index is 14.3. The number of fused-ring (bicyclic) bond motifs is 1. The van der Waals surface area contributed by atoms with Crippen molar-refractivity contribution in [2.24, 2.45) is 0 Å². The molecule has 0 saturated carbocycles. The Kier molecular flexibility index (Phi) is 5.92. The molecule has 7 nitrogen and oxygen atoms in total. The predicted octanol–water partition coefficient (Wildman–Crippen LogP) is 5.54. The number of imidazole rings is 1. The molecule has 0 fully saturated rings. The SMILES string of the molecule is C=CC(=O)Nc1cccc(-n2c(=O)n(-c3ccc(Oc4cccc(C)c4F)cc3)c3cnccc32)c1. The van der Waals surface area contributed by atoms with E-state index in [1.807, 2.05) is 0 Å². The molecule has 36 heavy (non-hydrogen) atoms. The van der Waals surface area contributed by atoms with Gasteiger partial charge in [-0.1, -0.05) is 24.8 Å². The number of carbonyl (C=O) groups excluding carboxylic acids is 1. The van der Waals surface area contributed by atoms with E-state index in [-0.39, 0.29) is 17.3 Å². The Morgan fingerprint density at radius 2 is 1.75 bits per heavy atom. The molecule has 0 aliphatic rings. The Labute approximate surface area is 205 Å². The van der Waals surface area contributed by atoms with Crippen molar-refractivity contribution in [3.8, 4) is 22.9 Å². The van der Waals surface area contributed by atoms with Crippen LogP contribution in [0.1, 0.15) is 5.56 Å². The molecule has 0 bridgehead atoms. The summed E-state index contributed by atoms with van der Waals surface area (Å²) in [6, 6.07) is 20.5. The molecule has 1 N–H and O–H groups in total. The number of nitrogens with one attached hydrogen (secondary N) is 1. The molecule has 178 valence electrons. The summed E-state index contributed by atoms with van der Waals surface area (Å²) >= 11 is 0. The first kappa shape index (κ1) is 22.8.